The summed E-state index contributed by atoms with van der Waals surface area (Å²) >= 11 is 14.9. The van der Waals surface area contributed by atoms with Gasteiger partial charge >= 0.3 is 11.9 Å². The van der Waals surface area contributed by atoms with Gasteiger partial charge in [0.2, 0.25) is 71.5 Å². The average molecular weight is 2090 g/mol. The number of aliphatic hydroxyl groups is 10. The lowest BCUT2D eigenvalue weighted by molar-refractivity contribution is -0.284. The average Bonchev–Trinajstić information content (AvgIpc) is 0.708. The summed E-state index contributed by atoms with van der Waals surface area (Å²) in [4.78, 5) is 178. The number of carbonyl (C=O) groups is 12. The topological polar surface area (TPSA) is 735 Å². The van der Waals surface area contributed by atoms with E-state index in [1.54, 1.807) is 0 Å². The Kier molecular flexibility index (Phi) is 34.7. The number of aliphatic carboxylic acids is 1. The second-order valence-electron chi connectivity index (χ2n) is 37.7. The van der Waals surface area contributed by atoms with E-state index < -0.39 is 363 Å². The summed E-state index contributed by atoms with van der Waals surface area (Å²) in [6, 6.07) is -0.399. The van der Waals surface area contributed by atoms with Crippen molar-refractivity contribution in [1.29, 1.82) is 0 Å². The Balaban J connectivity index is 1.03. The molecule has 3 saturated heterocycles. The minimum Gasteiger partial charge on any atom is -0.508 e. The van der Waals surface area contributed by atoms with Gasteiger partial charge in [-0.2, -0.15) is 0 Å². The molecule has 9 aliphatic heterocycles. The van der Waals surface area contributed by atoms with E-state index in [1.807, 2.05) is 0 Å². The summed E-state index contributed by atoms with van der Waals surface area (Å²) in [7, 11) is 0. The summed E-state index contributed by atoms with van der Waals surface area (Å²) in [6.07, 6.45) is -29.3. The fourth-order valence-corrected chi connectivity index (χ4v) is 18.5. The van der Waals surface area contributed by atoms with Gasteiger partial charge in [-0.15, -0.1) is 0 Å². The van der Waals surface area contributed by atoms with Crippen molar-refractivity contribution in [3.63, 3.8) is 0 Å². The summed E-state index contributed by atoms with van der Waals surface area (Å²) in [6.45, 7) is 4.89. The van der Waals surface area contributed by atoms with Crippen LogP contribution >= 0.6 is 23.2 Å². The van der Waals surface area contributed by atoms with Gasteiger partial charge in [-0.25, -0.2) is 4.79 Å². The summed E-state index contributed by atoms with van der Waals surface area (Å²) in [5.41, 5.74) is 1.19. The molecule has 9 amide bonds. The number of benzene rings is 7. The molecule has 0 aliphatic carbocycles. The lowest BCUT2D eigenvalue weighted by Crippen LogP contribution is -2.65. The smallest absolute Gasteiger partial charge is 0.330 e. The maximum Gasteiger partial charge on any atom is 0.330 e. The number of halogens is 2. The number of esters is 1. The number of ether oxygens (including phenoxy) is 10. The maximum atomic E-state index is 17.2. The molecule has 16 rings (SSSR count). The van der Waals surface area contributed by atoms with Crippen LogP contribution in [0, 0.1) is 11.3 Å². The molecular weight excluding hydrogens is 1980 g/mol. The van der Waals surface area contributed by atoms with Crippen molar-refractivity contribution in [3.05, 3.63) is 164 Å². The molecule has 1 unspecified atom stereocenters. The van der Waals surface area contributed by atoms with E-state index in [-0.39, 0.29) is 41.0 Å². The van der Waals surface area contributed by atoms with E-state index in [4.69, 9.17) is 76.3 Å². The Labute approximate surface area is 846 Å². The number of amides is 9. The number of hydrogen-bond acceptors (Lipinski definition) is 37. The van der Waals surface area contributed by atoms with Gasteiger partial charge in [0.25, 0.3) is 0 Å². The van der Waals surface area contributed by atoms with Gasteiger partial charge < -0.3 is 178 Å². The Morgan fingerprint density at radius 1 is 0.537 bits per heavy atom. The highest BCUT2D eigenvalue weighted by Crippen LogP contribution is 2.52. The zero-order chi connectivity index (χ0) is 106. The molecule has 0 radical (unpaired) electrons. The van der Waals surface area contributed by atoms with Crippen molar-refractivity contribution < 1.29 is 182 Å². The number of carbonyl (C=O) groups excluding carboxylic acids is 11. The lowest BCUT2D eigenvalue weighted by Gasteiger charge is -2.44. The van der Waals surface area contributed by atoms with E-state index in [0.717, 1.165) is 111 Å². The minimum absolute atomic E-state index is 0.000420. The first-order valence-electron chi connectivity index (χ1n) is 46.8. The number of hydrogen-bond donors (Lipinski definition) is 25. The van der Waals surface area contributed by atoms with Crippen LogP contribution in [-0.2, 0) is 87.6 Å². The molecule has 17 bridgehead atoms. The highest BCUT2D eigenvalue weighted by molar-refractivity contribution is 6.32. The number of nitrogens with two attached hydrogens (primary N) is 1. The predicted molar refractivity (Wildman–Crippen MR) is 505 cm³/mol. The molecule has 790 valence electrons. The quantitative estimate of drug-likeness (QED) is 0.0150. The SMILES string of the molecule is CC(=O)N[C@H]1[C@H](O[C@@H]2c3ccc(c(Cl)c3)Oc3cc4cc(c3O[C@@H]3O[C@H](COC(=O)CC(C)(C)CC(=O)NC(O)C=O)[C@@H](O)[C@H](O)[C@H]3NC(=O)CCCCCCCC(C)C)Oc3ccc(cc3Cl)C[C@H]3NC(=O)[C@H](N)c5ccc(O)c(c5)Oc5cc(O)cc(c5)[C@H](NC3=O)C(=O)N[C@H]4C(=O)N[C@H]3C(=O)N[C@@H]2C(=O)N[C@@H](C(=O)O)c2cc(O)cc(O[C@H]4O[C@H](CO)[C@@H](O)[C@H](O)[C@@H]4O)c2-c2cc3ccc2O)O[C@H](CO)[C@@H](O)[C@@H]1O. The van der Waals surface area contributed by atoms with Crippen LogP contribution in [0.3, 0.4) is 0 Å². The third kappa shape index (κ3) is 25.5. The molecule has 24 atom stereocenters. The third-order valence-corrected chi connectivity index (χ3v) is 26.2. The number of phenols is 4. The minimum atomic E-state index is -2.64. The normalized spacial score (nSPS) is 27.4. The van der Waals surface area contributed by atoms with Crippen LogP contribution < -0.4 is 77.3 Å². The number of aldehydes is 1. The zero-order valence-electron chi connectivity index (χ0n) is 79.2. The van der Waals surface area contributed by atoms with Crippen LogP contribution in [0.5, 0.6) is 69.0 Å². The van der Waals surface area contributed by atoms with E-state index in [9.17, 15) is 110 Å². The number of nitrogens with one attached hydrogen (secondary N) is 9. The monoisotopic (exact) mass is 2090 g/mol. The lowest BCUT2D eigenvalue weighted by atomic mass is 9.85. The fraction of sp³-hybridized carbons (Fsp3) is 0.449. The Bertz CT molecular complexity index is 6140. The molecule has 7 aromatic rings. The third-order valence-electron chi connectivity index (χ3n) is 25.6. The van der Waals surface area contributed by atoms with Crippen LogP contribution in [0.2, 0.25) is 10.0 Å². The van der Waals surface area contributed by atoms with Gasteiger partial charge in [0, 0.05) is 55.0 Å². The summed E-state index contributed by atoms with van der Waals surface area (Å²) in [5, 5.41) is 193. The fourth-order valence-electron chi connectivity index (χ4n) is 18.0. The van der Waals surface area contributed by atoms with Crippen LogP contribution in [0.15, 0.2) is 115 Å². The van der Waals surface area contributed by atoms with Crippen molar-refractivity contribution in [2.75, 3.05) is 19.8 Å². The Hall–Kier alpha value is -13.4. The number of phenolic OH excluding ortho intramolecular Hbond substituents is 4. The van der Waals surface area contributed by atoms with Crippen molar-refractivity contribution in [1.82, 2.24) is 47.9 Å². The van der Waals surface area contributed by atoms with Gasteiger partial charge in [-0.05, 0) is 130 Å². The number of fused-ring (bicyclic) bond motifs is 14. The molecule has 26 N–H and O–H groups in total. The van der Waals surface area contributed by atoms with E-state index in [0.29, 0.717) is 18.8 Å². The maximum absolute atomic E-state index is 17.2. The van der Waals surface area contributed by atoms with E-state index >= 15 is 24.0 Å². The molecule has 49 heteroatoms. The highest BCUT2D eigenvalue weighted by atomic mass is 35.5. The predicted octanol–water partition coefficient (Wildman–Crippen LogP) is 1.40. The first kappa shape index (κ1) is 109. The molecule has 3 fully saturated rings. The van der Waals surface area contributed by atoms with Gasteiger partial charge in [0.1, 0.15) is 162 Å². The van der Waals surface area contributed by atoms with Crippen molar-refractivity contribution in [2.45, 2.75) is 245 Å². The standard InChI is InChI=1S/C98H112Cl2N10O37/c1-39(2)11-9-7-6-8-10-12-66(119)105-77-83(127)81(125)65(38-138-69(122)34-98(4,5)33-67(120)104-68(121)37-113)145-96(77)147-87-61-28-46-29-62(87)141-58-20-16-44(26-53(58)100)86(146-95-76(102-40(3)114)82(126)79(123)63(35-111)143-95)78-93(135)109-75(94(136)137)51-31-48(116)32-60(142-97-85(129)84(128)80(124)64(36-112)144-97)70(51)50-25-43(15-17-55(50)117)72(90(132)110-78)107-92(134)74(46)108-91(133)73-45-23-47(115)30-49(24-45)139-59-27-42(14-18-56(59)118)71(101)89(131)103-54(88(130)106-73)22-41-13-19-57(140-61)52(99)21-41/h13-21,23-32,37,39,54,63-65,68,71-86,95-97,111-112,115-118,121,123-129H,6-12,22,33-36,38,101H2,1-5H3,(H,102,114)(H,103,131)(H,104,120)(H,105,119)(H,106,130)(H,107,134)(H,108,133)(H,109,135)(H,110,132)(H,136,137)/t54-,63-,64-,65-,68?,71-,72-,73+,74-,75-,76-,77-,78+,79-,80-,81-,82-,83-,84+,85+,86-,95+,96+,97+/m1/s1. The molecule has 147 heavy (non-hydrogen) atoms. The van der Waals surface area contributed by atoms with Crippen molar-refractivity contribution >= 4 is 94.6 Å². The zero-order valence-corrected chi connectivity index (χ0v) is 80.7. The number of aromatic hydroxyl groups is 4. The van der Waals surface area contributed by atoms with Crippen LogP contribution in [0.4, 0.5) is 0 Å². The second-order valence-corrected chi connectivity index (χ2v) is 38.5. The van der Waals surface area contributed by atoms with Gasteiger partial charge in [-0.3, -0.25) is 52.7 Å². The molecular formula is C98H112Cl2N10O37. The number of carboxylic acids is 1. The molecule has 9 heterocycles. The van der Waals surface area contributed by atoms with Gasteiger partial charge in [0.15, 0.2) is 47.8 Å². The molecule has 0 saturated carbocycles. The largest absolute Gasteiger partial charge is 0.508 e. The molecule has 9 aliphatic rings. The van der Waals surface area contributed by atoms with Crippen LogP contribution in [0.1, 0.15) is 168 Å². The summed E-state index contributed by atoms with van der Waals surface area (Å²) in [5.74, 6) is -22.0. The molecule has 7 aromatic carbocycles. The van der Waals surface area contributed by atoms with Gasteiger partial charge in [-0.1, -0.05) is 107 Å². The number of rotatable bonds is 27. The first-order chi connectivity index (χ1) is 69.8. The van der Waals surface area contributed by atoms with E-state index in [2.05, 4.69) is 61.7 Å². The number of unbranched alkanes of at least 4 members (excludes halogenated alkanes) is 4. The highest BCUT2D eigenvalue weighted by Gasteiger charge is 2.53. The van der Waals surface area contributed by atoms with Crippen LogP contribution in [-0.4, -0.2) is 278 Å². The van der Waals surface area contributed by atoms with Crippen molar-refractivity contribution in [3.8, 4) is 80.1 Å². The molecule has 0 aromatic heterocycles. The van der Waals surface area contributed by atoms with E-state index in [1.165, 1.54) is 44.2 Å². The molecule has 0 spiro atoms. The second kappa shape index (κ2) is 46.7. The first-order valence-corrected chi connectivity index (χ1v) is 47.6. The van der Waals surface area contributed by atoms with Gasteiger partial charge in [0.05, 0.1) is 29.7 Å². The Morgan fingerprint density at radius 3 is 1.76 bits per heavy atom. The Morgan fingerprint density at radius 2 is 1.11 bits per heavy atom. The number of carboxylic acid groups (broad SMARTS) is 1. The summed E-state index contributed by atoms with van der Waals surface area (Å²) < 4.78 is 63.9. The number of aliphatic hydroxyl groups excluding tert-OH is 10. The molecule has 47 nitrogen and oxygen atoms in total. The van der Waals surface area contributed by atoms with Crippen LogP contribution in [0.25, 0.3) is 11.1 Å². The van der Waals surface area contributed by atoms with Crippen molar-refractivity contribution in [2.24, 2.45) is 17.1 Å².